The van der Waals surface area contributed by atoms with E-state index < -0.39 is 0 Å². The highest BCUT2D eigenvalue weighted by atomic mass is 32.1. The minimum atomic E-state index is 0.559. The number of nitrogens with one attached hydrogen (secondary N) is 1. The standard InChI is InChI=1S/C21H18N2OS/c1-2-6-16(7-3-1)15-24-20-11-10-17-8-4-5-9-18(17)19(20)14-23-21-22-12-13-25-21/h1-13H,14-15H2,(H,22,23). The molecule has 3 nitrogen and oxygen atoms in total. The maximum Gasteiger partial charge on any atom is 0.182 e. The molecule has 4 rings (SSSR count). The van der Waals surface area contributed by atoms with Crippen LogP contribution in [0.15, 0.2) is 78.3 Å². The molecule has 4 aromatic rings. The number of rotatable bonds is 6. The highest BCUT2D eigenvalue weighted by Gasteiger charge is 2.10. The van der Waals surface area contributed by atoms with Crippen molar-refractivity contribution < 1.29 is 4.74 Å². The summed E-state index contributed by atoms with van der Waals surface area (Å²) in [6, 6.07) is 22.8. The number of nitrogens with zero attached hydrogens (tertiary/aromatic N) is 1. The fourth-order valence-corrected chi connectivity index (χ4v) is 3.37. The van der Waals surface area contributed by atoms with Crippen LogP contribution in [0.25, 0.3) is 10.8 Å². The zero-order chi connectivity index (χ0) is 16.9. The molecule has 0 amide bonds. The smallest absolute Gasteiger partial charge is 0.182 e. The summed E-state index contributed by atoms with van der Waals surface area (Å²) in [5.41, 5.74) is 2.32. The van der Waals surface area contributed by atoms with E-state index in [0.717, 1.165) is 22.0 Å². The molecule has 0 aliphatic rings. The third-order valence-electron chi connectivity index (χ3n) is 4.08. The van der Waals surface area contributed by atoms with Gasteiger partial charge in [-0.15, -0.1) is 11.3 Å². The van der Waals surface area contributed by atoms with E-state index in [1.165, 1.54) is 10.8 Å². The zero-order valence-electron chi connectivity index (χ0n) is 13.7. The first-order valence-corrected chi connectivity index (χ1v) is 9.09. The van der Waals surface area contributed by atoms with Crippen molar-refractivity contribution in [2.45, 2.75) is 13.2 Å². The fourth-order valence-electron chi connectivity index (χ4n) is 2.84. The molecule has 0 radical (unpaired) electrons. The van der Waals surface area contributed by atoms with Crippen molar-refractivity contribution >= 4 is 27.2 Å². The van der Waals surface area contributed by atoms with Gasteiger partial charge in [-0.1, -0.05) is 60.7 Å². The highest BCUT2D eigenvalue weighted by Crippen LogP contribution is 2.30. The van der Waals surface area contributed by atoms with Crippen molar-refractivity contribution in [2.24, 2.45) is 0 Å². The SMILES string of the molecule is c1ccc(COc2ccc3ccccc3c2CNc2nccs2)cc1. The van der Waals surface area contributed by atoms with E-state index in [9.17, 15) is 0 Å². The first kappa shape index (κ1) is 15.7. The highest BCUT2D eigenvalue weighted by molar-refractivity contribution is 7.13. The molecule has 124 valence electrons. The summed E-state index contributed by atoms with van der Waals surface area (Å²) in [7, 11) is 0. The van der Waals surface area contributed by atoms with Crippen molar-refractivity contribution in [3.8, 4) is 5.75 Å². The van der Waals surface area contributed by atoms with Crippen LogP contribution >= 0.6 is 11.3 Å². The average Bonchev–Trinajstić information content (AvgIpc) is 3.19. The van der Waals surface area contributed by atoms with Crippen molar-refractivity contribution in [1.82, 2.24) is 4.98 Å². The molecular formula is C21H18N2OS. The monoisotopic (exact) mass is 346 g/mol. The van der Waals surface area contributed by atoms with Crippen LogP contribution in [0.3, 0.4) is 0 Å². The van der Waals surface area contributed by atoms with Gasteiger partial charge in [0.05, 0.1) is 0 Å². The topological polar surface area (TPSA) is 34.1 Å². The lowest BCUT2D eigenvalue weighted by Crippen LogP contribution is -2.04. The third kappa shape index (κ3) is 3.64. The zero-order valence-corrected chi connectivity index (χ0v) is 14.5. The largest absolute Gasteiger partial charge is 0.489 e. The Labute approximate surface area is 150 Å². The average molecular weight is 346 g/mol. The molecule has 0 bridgehead atoms. The number of aromatic nitrogens is 1. The quantitative estimate of drug-likeness (QED) is 0.501. The van der Waals surface area contributed by atoms with Gasteiger partial charge < -0.3 is 10.1 Å². The van der Waals surface area contributed by atoms with Crippen LogP contribution in [-0.4, -0.2) is 4.98 Å². The Morgan fingerprint density at radius 2 is 1.76 bits per heavy atom. The van der Waals surface area contributed by atoms with Crippen LogP contribution in [0.4, 0.5) is 5.13 Å². The molecule has 1 heterocycles. The molecule has 25 heavy (non-hydrogen) atoms. The van der Waals surface area contributed by atoms with E-state index >= 15 is 0 Å². The van der Waals surface area contributed by atoms with Crippen LogP contribution in [-0.2, 0) is 13.2 Å². The molecule has 0 atom stereocenters. The number of fused-ring (bicyclic) bond motifs is 1. The van der Waals surface area contributed by atoms with Gasteiger partial charge in [-0.25, -0.2) is 4.98 Å². The fraction of sp³-hybridized carbons (Fsp3) is 0.0952. The lowest BCUT2D eigenvalue weighted by atomic mass is 10.0. The summed E-state index contributed by atoms with van der Waals surface area (Å²) in [6.45, 7) is 1.24. The predicted molar refractivity (Wildman–Crippen MR) is 104 cm³/mol. The Bertz CT molecular complexity index is 952. The molecule has 4 heteroatoms. The molecule has 1 N–H and O–H groups in total. The lowest BCUT2D eigenvalue weighted by molar-refractivity contribution is 0.304. The van der Waals surface area contributed by atoms with Crippen LogP contribution in [0, 0.1) is 0 Å². The second kappa shape index (κ2) is 7.36. The summed E-state index contributed by atoms with van der Waals surface area (Å²) in [5.74, 6) is 0.909. The van der Waals surface area contributed by atoms with Gasteiger partial charge in [0.25, 0.3) is 0 Å². The van der Waals surface area contributed by atoms with E-state index in [-0.39, 0.29) is 0 Å². The third-order valence-corrected chi connectivity index (χ3v) is 4.81. The second-order valence-electron chi connectivity index (χ2n) is 5.73. The van der Waals surface area contributed by atoms with Gasteiger partial charge in [0.15, 0.2) is 5.13 Å². The van der Waals surface area contributed by atoms with Crippen molar-refractivity contribution in [1.29, 1.82) is 0 Å². The van der Waals surface area contributed by atoms with E-state index in [2.05, 4.69) is 58.8 Å². The first-order chi connectivity index (χ1) is 12.4. The Balaban J connectivity index is 1.63. The summed E-state index contributed by atoms with van der Waals surface area (Å²) >= 11 is 1.60. The van der Waals surface area contributed by atoms with E-state index in [0.29, 0.717) is 13.2 Å². The van der Waals surface area contributed by atoms with Gasteiger partial charge in [-0.3, -0.25) is 0 Å². The van der Waals surface area contributed by atoms with Crippen molar-refractivity contribution in [2.75, 3.05) is 5.32 Å². The van der Waals surface area contributed by atoms with E-state index in [1.54, 1.807) is 11.3 Å². The molecule has 0 unspecified atom stereocenters. The molecule has 0 spiro atoms. The number of hydrogen-bond donors (Lipinski definition) is 1. The number of thiazole rings is 1. The minimum absolute atomic E-state index is 0.559. The van der Waals surface area contributed by atoms with E-state index in [1.807, 2.05) is 29.8 Å². The molecule has 0 saturated heterocycles. The Hall–Kier alpha value is -2.85. The van der Waals surface area contributed by atoms with Crippen LogP contribution in [0.2, 0.25) is 0 Å². The van der Waals surface area contributed by atoms with Gasteiger partial charge in [0, 0.05) is 23.7 Å². The molecule has 0 aliphatic carbocycles. The predicted octanol–water partition coefficient (Wildman–Crippen LogP) is 5.49. The van der Waals surface area contributed by atoms with Gasteiger partial charge in [-0.2, -0.15) is 0 Å². The Morgan fingerprint density at radius 1 is 0.920 bits per heavy atom. The summed E-state index contributed by atoms with van der Waals surface area (Å²) in [4.78, 5) is 4.30. The summed E-state index contributed by atoms with van der Waals surface area (Å²) < 4.78 is 6.14. The molecule has 0 aliphatic heterocycles. The van der Waals surface area contributed by atoms with Gasteiger partial charge in [0.2, 0.25) is 0 Å². The van der Waals surface area contributed by atoms with Crippen LogP contribution in [0.1, 0.15) is 11.1 Å². The Kier molecular flexibility index (Phi) is 4.61. The van der Waals surface area contributed by atoms with Crippen molar-refractivity contribution in [3.63, 3.8) is 0 Å². The number of hydrogen-bond acceptors (Lipinski definition) is 4. The normalized spacial score (nSPS) is 10.7. The van der Waals surface area contributed by atoms with E-state index in [4.69, 9.17) is 4.74 Å². The van der Waals surface area contributed by atoms with Gasteiger partial charge >= 0.3 is 0 Å². The molecule has 1 aromatic heterocycles. The van der Waals surface area contributed by atoms with Gasteiger partial charge in [0.1, 0.15) is 12.4 Å². The molecule has 3 aromatic carbocycles. The maximum absolute atomic E-state index is 6.14. The lowest BCUT2D eigenvalue weighted by Gasteiger charge is -2.15. The number of benzene rings is 3. The number of anilines is 1. The molecule has 0 saturated carbocycles. The van der Waals surface area contributed by atoms with Crippen molar-refractivity contribution in [3.05, 3.63) is 89.4 Å². The number of ether oxygens (including phenoxy) is 1. The maximum atomic E-state index is 6.14. The van der Waals surface area contributed by atoms with Crippen LogP contribution < -0.4 is 10.1 Å². The molecule has 0 fully saturated rings. The Morgan fingerprint density at radius 3 is 2.60 bits per heavy atom. The second-order valence-corrected chi connectivity index (χ2v) is 6.62. The minimum Gasteiger partial charge on any atom is -0.489 e. The van der Waals surface area contributed by atoms with Crippen LogP contribution in [0.5, 0.6) is 5.75 Å². The summed E-state index contributed by atoms with van der Waals surface area (Å²) in [6.07, 6.45) is 1.81. The first-order valence-electron chi connectivity index (χ1n) is 8.21. The molecular weight excluding hydrogens is 328 g/mol. The van der Waals surface area contributed by atoms with Gasteiger partial charge in [-0.05, 0) is 22.4 Å². The summed E-state index contributed by atoms with van der Waals surface area (Å²) in [5, 5.41) is 8.71.